The fraction of sp³-hybridized carbons (Fsp3) is 0.304. The molecule has 2 aromatic rings. The highest BCUT2D eigenvalue weighted by Gasteiger charge is 2.52. The van der Waals surface area contributed by atoms with Crippen molar-refractivity contribution in [2.24, 2.45) is 5.92 Å². The molecule has 6 nitrogen and oxygen atoms in total. The molecule has 0 spiro atoms. The lowest BCUT2D eigenvalue weighted by Crippen LogP contribution is -2.45. The molecule has 152 valence electrons. The molecule has 2 aliphatic heterocycles. The van der Waals surface area contributed by atoms with E-state index in [0.717, 1.165) is 16.8 Å². The van der Waals surface area contributed by atoms with Crippen molar-refractivity contribution in [2.75, 3.05) is 13.6 Å². The number of rotatable bonds is 3. The summed E-state index contributed by atoms with van der Waals surface area (Å²) in [6.45, 7) is 8.41. The average molecular weight is 393 g/mol. The van der Waals surface area contributed by atoms with Crippen LogP contribution in [0.3, 0.4) is 0 Å². The third-order valence-corrected chi connectivity index (χ3v) is 5.10. The van der Waals surface area contributed by atoms with Gasteiger partial charge in [0, 0.05) is 23.9 Å². The van der Waals surface area contributed by atoms with Crippen molar-refractivity contribution in [3.63, 3.8) is 0 Å². The van der Waals surface area contributed by atoms with Gasteiger partial charge >= 0.3 is 12.1 Å². The van der Waals surface area contributed by atoms with Crippen LogP contribution in [0.15, 0.2) is 72.9 Å². The maximum atomic E-state index is 12.0. The molecular weight excluding hydrogens is 366 g/mol. The van der Waals surface area contributed by atoms with Gasteiger partial charge in [-0.1, -0.05) is 81.1 Å². The second-order valence-corrected chi connectivity index (χ2v) is 7.61. The highest BCUT2D eigenvalue weighted by Crippen LogP contribution is 2.42. The number of hydrogen-bond donors (Lipinski definition) is 2. The van der Waals surface area contributed by atoms with Gasteiger partial charge in [-0.2, -0.15) is 0 Å². The Labute approximate surface area is 171 Å². The number of amides is 3. The third kappa shape index (κ3) is 4.11. The van der Waals surface area contributed by atoms with Gasteiger partial charge in [0.2, 0.25) is 0 Å². The number of cyclic esters (lactones) is 1. The van der Waals surface area contributed by atoms with E-state index in [-0.39, 0.29) is 24.1 Å². The number of nitrogens with zero attached hydrogens (tertiary/aromatic N) is 1. The molecule has 1 atom stereocenters. The molecule has 29 heavy (non-hydrogen) atoms. The van der Waals surface area contributed by atoms with Crippen LogP contribution in [0.5, 0.6) is 0 Å². The van der Waals surface area contributed by atoms with Crippen molar-refractivity contribution < 1.29 is 14.3 Å². The second-order valence-electron chi connectivity index (χ2n) is 7.61. The van der Waals surface area contributed by atoms with Crippen LogP contribution in [0.25, 0.3) is 0 Å². The molecule has 0 radical (unpaired) electrons. The topological polar surface area (TPSA) is 70.7 Å². The Kier molecular flexibility index (Phi) is 5.92. The first-order valence-electron chi connectivity index (χ1n) is 9.65. The lowest BCUT2D eigenvalue weighted by molar-refractivity contribution is 0.0584. The highest BCUT2D eigenvalue weighted by atomic mass is 16.6. The summed E-state index contributed by atoms with van der Waals surface area (Å²) in [4.78, 5) is 24.1. The minimum absolute atomic E-state index is 0.0602. The van der Waals surface area contributed by atoms with Gasteiger partial charge in [-0.15, -0.1) is 0 Å². The zero-order valence-electron chi connectivity index (χ0n) is 17.0. The Morgan fingerprint density at radius 3 is 1.90 bits per heavy atom. The molecule has 4 rings (SSSR count). The molecular formula is C23H27N3O3. The van der Waals surface area contributed by atoms with E-state index in [9.17, 15) is 9.59 Å². The number of hydrogen-bond acceptors (Lipinski definition) is 3. The van der Waals surface area contributed by atoms with Gasteiger partial charge in [0.1, 0.15) is 0 Å². The van der Waals surface area contributed by atoms with E-state index in [1.54, 1.807) is 11.9 Å². The van der Waals surface area contributed by atoms with Crippen LogP contribution in [0, 0.1) is 5.92 Å². The standard InChI is InChI=1S/C18H19NO2.C5H8N2O/c1-13(2)16-18(21-17(20)19-16,14-9-5-3-6-10-14)15-11-7-4-8-12-15;1-4-3-7(2)5(8)6-4/h3-13,16H,1-2H3,(H,19,20);1,3H2,2H3,(H,6,8). The smallest absolute Gasteiger partial charge is 0.408 e. The van der Waals surface area contributed by atoms with E-state index in [4.69, 9.17) is 4.74 Å². The van der Waals surface area contributed by atoms with E-state index < -0.39 is 5.60 Å². The number of alkyl carbamates (subject to hydrolysis) is 1. The normalized spacial score (nSPS) is 19.9. The zero-order chi connectivity index (χ0) is 21.0. The van der Waals surface area contributed by atoms with E-state index in [0.29, 0.717) is 6.54 Å². The van der Waals surface area contributed by atoms with Crippen LogP contribution in [-0.4, -0.2) is 36.7 Å². The second kappa shape index (κ2) is 8.39. The van der Waals surface area contributed by atoms with Crippen LogP contribution in [0.1, 0.15) is 25.0 Å². The Bertz CT molecular complexity index is 841. The highest BCUT2D eigenvalue weighted by molar-refractivity contribution is 5.79. The lowest BCUT2D eigenvalue weighted by atomic mass is 9.76. The van der Waals surface area contributed by atoms with Crippen LogP contribution in [0.2, 0.25) is 0 Å². The first-order chi connectivity index (χ1) is 13.8. The summed E-state index contributed by atoms with van der Waals surface area (Å²) in [6, 6.07) is 19.7. The number of ether oxygens (including phenoxy) is 1. The van der Waals surface area contributed by atoms with Gasteiger partial charge in [0.15, 0.2) is 5.60 Å². The van der Waals surface area contributed by atoms with Gasteiger partial charge in [-0.3, -0.25) is 0 Å². The van der Waals surface area contributed by atoms with Crippen LogP contribution in [0.4, 0.5) is 9.59 Å². The molecule has 2 heterocycles. The number of carbonyl (C=O) groups is 2. The molecule has 2 aliphatic rings. The number of nitrogens with one attached hydrogen (secondary N) is 2. The zero-order valence-corrected chi connectivity index (χ0v) is 17.0. The minimum Gasteiger partial charge on any atom is -0.431 e. The molecule has 0 aliphatic carbocycles. The predicted molar refractivity (Wildman–Crippen MR) is 112 cm³/mol. The maximum absolute atomic E-state index is 12.0. The van der Waals surface area contributed by atoms with Crippen molar-refractivity contribution in [3.05, 3.63) is 84.1 Å². The molecule has 2 fully saturated rings. The van der Waals surface area contributed by atoms with Crippen molar-refractivity contribution in [3.8, 4) is 0 Å². The molecule has 2 saturated heterocycles. The molecule has 2 N–H and O–H groups in total. The molecule has 6 heteroatoms. The number of benzene rings is 2. The number of likely N-dealkylation sites (N-methyl/N-ethyl adjacent to an activating group) is 1. The van der Waals surface area contributed by atoms with Crippen molar-refractivity contribution in [1.29, 1.82) is 0 Å². The summed E-state index contributed by atoms with van der Waals surface area (Å²) in [7, 11) is 1.73. The van der Waals surface area contributed by atoms with Gasteiger partial charge in [0.25, 0.3) is 0 Å². The Morgan fingerprint density at radius 1 is 1.03 bits per heavy atom. The van der Waals surface area contributed by atoms with Crippen LogP contribution >= 0.6 is 0 Å². The van der Waals surface area contributed by atoms with Gasteiger partial charge in [-0.05, 0) is 5.92 Å². The Balaban J connectivity index is 0.000000252. The van der Waals surface area contributed by atoms with Gasteiger partial charge in [-0.25, -0.2) is 9.59 Å². The molecule has 1 unspecified atom stereocenters. The number of carbonyl (C=O) groups excluding carboxylic acids is 2. The Hall–Kier alpha value is -3.28. The molecule has 0 bridgehead atoms. The first-order valence-corrected chi connectivity index (χ1v) is 9.65. The average Bonchev–Trinajstić information content (AvgIpc) is 3.22. The summed E-state index contributed by atoms with van der Waals surface area (Å²) in [5.41, 5.74) is 1.99. The van der Waals surface area contributed by atoms with Crippen molar-refractivity contribution in [1.82, 2.24) is 15.5 Å². The van der Waals surface area contributed by atoms with Gasteiger partial charge in [0.05, 0.1) is 12.6 Å². The van der Waals surface area contributed by atoms with Crippen LogP contribution < -0.4 is 10.6 Å². The minimum atomic E-state index is -0.770. The summed E-state index contributed by atoms with van der Waals surface area (Å²) in [6.07, 6.45) is -0.360. The fourth-order valence-corrected chi connectivity index (χ4v) is 3.76. The molecule has 0 aromatic heterocycles. The first kappa shape index (κ1) is 20.5. The summed E-state index contributed by atoms with van der Waals surface area (Å²) in [5.74, 6) is 0.247. The summed E-state index contributed by atoms with van der Waals surface area (Å²) in [5, 5.41) is 5.54. The van der Waals surface area contributed by atoms with Crippen molar-refractivity contribution in [2.45, 2.75) is 25.5 Å². The third-order valence-electron chi connectivity index (χ3n) is 5.10. The molecule has 0 saturated carbocycles. The van der Waals surface area contributed by atoms with Crippen molar-refractivity contribution >= 4 is 12.1 Å². The van der Waals surface area contributed by atoms with E-state index in [1.165, 1.54) is 0 Å². The van der Waals surface area contributed by atoms with E-state index >= 15 is 0 Å². The summed E-state index contributed by atoms with van der Waals surface area (Å²) >= 11 is 0. The van der Waals surface area contributed by atoms with E-state index in [1.807, 2.05) is 60.7 Å². The number of urea groups is 1. The lowest BCUT2D eigenvalue weighted by Gasteiger charge is -2.35. The monoisotopic (exact) mass is 393 g/mol. The van der Waals surface area contributed by atoms with Gasteiger partial charge < -0.3 is 20.3 Å². The molecule has 2 aromatic carbocycles. The van der Waals surface area contributed by atoms with Crippen LogP contribution in [-0.2, 0) is 10.3 Å². The van der Waals surface area contributed by atoms with E-state index in [2.05, 4.69) is 31.1 Å². The largest absolute Gasteiger partial charge is 0.431 e. The maximum Gasteiger partial charge on any atom is 0.408 e. The predicted octanol–water partition coefficient (Wildman–Crippen LogP) is 3.85. The summed E-state index contributed by atoms with van der Waals surface area (Å²) < 4.78 is 5.84. The quantitative estimate of drug-likeness (QED) is 0.832. The molecule has 3 amide bonds. The fourth-order valence-electron chi connectivity index (χ4n) is 3.76. The SMILES string of the molecule is C=C1CN(C)C(=O)N1.CC(C)C1NC(=O)OC1(c1ccccc1)c1ccccc1. The Morgan fingerprint density at radius 2 is 1.55 bits per heavy atom.